The fraction of sp³-hybridized carbons (Fsp3) is 0.667. The minimum atomic E-state index is -0.0387. The predicted octanol–water partition coefficient (Wildman–Crippen LogP) is 3.74. The number of piperidine rings is 1. The lowest BCUT2D eigenvalue weighted by atomic mass is 10.0. The molecule has 0 saturated carbocycles. The Morgan fingerprint density at radius 1 is 1.40 bits per heavy atom. The summed E-state index contributed by atoms with van der Waals surface area (Å²) in [6, 6.07) is 6.19. The molecule has 0 unspecified atom stereocenters. The Morgan fingerprint density at radius 2 is 2.20 bits per heavy atom. The second-order valence-electron chi connectivity index (χ2n) is 7.74. The van der Waals surface area contributed by atoms with Crippen molar-refractivity contribution >= 4 is 5.91 Å². The first kappa shape index (κ1) is 19.8. The zero-order valence-corrected chi connectivity index (χ0v) is 16.3. The minimum Gasteiger partial charge on any atom is -0.483 e. The maximum Gasteiger partial charge on any atom is 0.257 e. The fourth-order valence-electron chi connectivity index (χ4n) is 3.46. The molecule has 0 spiro atoms. The Balaban J connectivity index is 1.68. The van der Waals surface area contributed by atoms with Crippen molar-refractivity contribution in [2.45, 2.75) is 52.9 Å². The number of aryl methyl sites for hydroxylation is 1. The van der Waals surface area contributed by atoms with Crippen molar-refractivity contribution in [2.75, 3.05) is 32.8 Å². The van der Waals surface area contributed by atoms with Crippen LogP contribution in [0.5, 0.6) is 5.75 Å². The van der Waals surface area contributed by atoms with E-state index < -0.39 is 0 Å². The lowest BCUT2D eigenvalue weighted by Crippen LogP contribution is -2.37. The summed E-state index contributed by atoms with van der Waals surface area (Å²) in [6.45, 7) is 12.9. The molecule has 1 saturated heterocycles. The summed E-state index contributed by atoms with van der Waals surface area (Å²) in [4.78, 5) is 14.5. The van der Waals surface area contributed by atoms with Crippen molar-refractivity contribution in [3.63, 3.8) is 0 Å². The van der Waals surface area contributed by atoms with E-state index in [-0.39, 0.29) is 12.5 Å². The van der Waals surface area contributed by atoms with Gasteiger partial charge in [0.05, 0.1) is 0 Å². The number of nitrogens with one attached hydrogen (secondary N) is 1. The molecule has 1 aromatic carbocycles. The van der Waals surface area contributed by atoms with E-state index in [1.807, 2.05) is 13.0 Å². The summed E-state index contributed by atoms with van der Waals surface area (Å²) >= 11 is 0. The maximum absolute atomic E-state index is 12.0. The zero-order valence-electron chi connectivity index (χ0n) is 16.3. The van der Waals surface area contributed by atoms with Crippen molar-refractivity contribution in [2.24, 2.45) is 5.92 Å². The van der Waals surface area contributed by atoms with Crippen LogP contribution in [0.3, 0.4) is 0 Å². The summed E-state index contributed by atoms with van der Waals surface area (Å²) in [6.07, 6.45) is 3.65. The topological polar surface area (TPSA) is 41.6 Å². The summed E-state index contributed by atoms with van der Waals surface area (Å²) in [5.41, 5.74) is 2.30. The second kappa shape index (κ2) is 9.81. The minimum absolute atomic E-state index is 0.0387. The number of likely N-dealkylation sites (tertiary alicyclic amines) is 1. The SMILES string of the molecule is Cc1ccc(C(C)C)c(OCC(=O)NCCCN2CCC[C@H](C)C2)c1. The lowest BCUT2D eigenvalue weighted by molar-refractivity contribution is -0.123. The van der Waals surface area contributed by atoms with Gasteiger partial charge in [-0.1, -0.05) is 32.9 Å². The molecule has 2 rings (SSSR count). The molecule has 0 radical (unpaired) electrons. The molecule has 1 N–H and O–H groups in total. The molecule has 1 heterocycles. The van der Waals surface area contributed by atoms with Gasteiger partial charge in [-0.15, -0.1) is 0 Å². The standard InChI is InChI=1S/C21H34N2O2/c1-16(2)19-9-8-17(3)13-20(19)25-15-21(24)22-10-6-12-23-11-5-7-18(4)14-23/h8-9,13,16,18H,5-7,10-12,14-15H2,1-4H3,(H,22,24)/t18-/m0/s1. The zero-order chi connectivity index (χ0) is 18.2. The maximum atomic E-state index is 12.0. The van der Waals surface area contributed by atoms with Gasteiger partial charge in [0.25, 0.3) is 5.91 Å². The summed E-state index contributed by atoms with van der Waals surface area (Å²) in [5, 5.41) is 2.98. The first-order valence-corrected chi connectivity index (χ1v) is 9.68. The number of ether oxygens (including phenoxy) is 1. The van der Waals surface area contributed by atoms with Crippen molar-refractivity contribution in [3.05, 3.63) is 29.3 Å². The van der Waals surface area contributed by atoms with Crippen LogP contribution in [0.1, 0.15) is 57.1 Å². The summed E-state index contributed by atoms with van der Waals surface area (Å²) in [7, 11) is 0. The molecule has 1 amide bonds. The van der Waals surface area contributed by atoms with Gasteiger partial charge < -0.3 is 15.0 Å². The normalized spacial score (nSPS) is 18.4. The van der Waals surface area contributed by atoms with Gasteiger partial charge in [-0.3, -0.25) is 4.79 Å². The van der Waals surface area contributed by atoms with Crippen molar-refractivity contribution in [3.8, 4) is 5.75 Å². The van der Waals surface area contributed by atoms with Crippen LogP contribution in [-0.4, -0.2) is 43.6 Å². The molecule has 4 nitrogen and oxygen atoms in total. The third kappa shape index (κ3) is 6.69. The molecule has 0 aromatic heterocycles. The van der Waals surface area contributed by atoms with Gasteiger partial charge in [0.1, 0.15) is 5.75 Å². The smallest absolute Gasteiger partial charge is 0.257 e. The van der Waals surface area contributed by atoms with Gasteiger partial charge in [0.2, 0.25) is 0 Å². The van der Waals surface area contributed by atoms with Gasteiger partial charge in [0, 0.05) is 13.1 Å². The Bertz CT molecular complexity index is 557. The van der Waals surface area contributed by atoms with E-state index in [2.05, 4.69) is 43.1 Å². The van der Waals surface area contributed by atoms with Gasteiger partial charge in [-0.05, 0) is 68.3 Å². The molecular weight excluding hydrogens is 312 g/mol. The van der Waals surface area contributed by atoms with Crippen LogP contribution >= 0.6 is 0 Å². The van der Waals surface area contributed by atoms with Crippen LogP contribution in [0, 0.1) is 12.8 Å². The Kier molecular flexibility index (Phi) is 7.76. The number of carbonyl (C=O) groups is 1. The van der Waals surface area contributed by atoms with Gasteiger partial charge in [-0.2, -0.15) is 0 Å². The number of hydrogen-bond acceptors (Lipinski definition) is 3. The first-order chi connectivity index (χ1) is 12.0. The molecule has 25 heavy (non-hydrogen) atoms. The van der Waals surface area contributed by atoms with Crippen LogP contribution in [0.4, 0.5) is 0 Å². The van der Waals surface area contributed by atoms with Gasteiger partial charge in [0.15, 0.2) is 6.61 Å². The number of hydrogen-bond donors (Lipinski definition) is 1. The average molecular weight is 347 g/mol. The molecule has 1 aliphatic rings. The molecule has 1 aromatic rings. The predicted molar refractivity (Wildman–Crippen MR) is 103 cm³/mol. The Hall–Kier alpha value is -1.55. The number of amides is 1. The highest BCUT2D eigenvalue weighted by molar-refractivity contribution is 5.77. The van der Waals surface area contributed by atoms with E-state index in [1.54, 1.807) is 0 Å². The largest absolute Gasteiger partial charge is 0.483 e. The van der Waals surface area contributed by atoms with Crippen LogP contribution in [0.25, 0.3) is 0 Å². The van der Waals surface area contributed by atoms with Gasteiger partial charge >= 0.3 is 0 Å². The molecule has 1 fully saturated rings. The van der Waals surface area contributed by atoms with Crippen molar-refractivity contribution in [1.82, 2.24) is 10.2 Å². The molecule has 0 bridgehead atoms. The molecule has 1 atom stereocenters. The fourth-order valence-corrected chi connectivity index (χ4v) is 3.46. The molecule has 1 aliphatic heterocycles. The quantitative estimate of drug-likeness (QED) is 0.729. The van der Waals surface area contributed by atoms with Crippen LogP contribution in [-0.2, 0) is 4.79 Å². The second-order valence-corrected chi connectivity index (χ2v) is 7.74. The number of carbonyl (C=O) groups excluding carboxylic acids is 1. The number of rotatable bonds is 8. The highest BCUT2D eigenvalue weighted by Crippen LogP contribution is 2.27. The average Bonchev–Trinajstić information content (AvgIpc) is 2.57. The van der Waals surface area contributed by atoms with Gasteiger partial charge in [-0.25, -0.2) is 0 Å². The Morgan fingerprint density at radius 3 is 2.92 bits per heavy atom. The van der Waals surface area contributed by atoms with E-state index in [0.717, 1.165) is 42.3 Å². The molecular formula is C21H34N2O2. The number of nitrogens with zero attached hydrogens (tertiary/aromatic N) is 1. The highest BCUT2D eigenvalue weighted by atomic mass is 16.5. The van der Waals surface area contributed by atoms with E-state index in [0.29, 0.717) is 5.92 Å². The van der Waals surface area contributed by atoms with Crippen molar-refractivity contribution < 1.29 is 9.53 Å². The monoisotopic (exact) mass is 346 g/mol. The lowest BCUT2D eigenvalue weighted by Gasteiger charge is -2.30. The van der Waals surface area contributed by atoms with E-state index in [9.17, 15) is 4.79 Å². The summed E-state index contributed by atoms with van der Waals surface area (Å²) in [5.74, 6) is 1.97. The van der Waals surface area contributed by atoms with E-state index in [4.69, 9.17) is 4.74 Å². The first-order valence-electron chi connectivity index (χ1n) is 9.68. The third-order valence-electron chi connectivity index (χ3n) is 4.86. The van der Waals surface area contributed by atoms with Crippen molar-refractivity contribution in [1.29, 1.82) is 0 Å². The molecule has 4 heteroatoms. The van der Waals surface area contributed by atoms with Crippen LogP contribution < -0.4 is 10.1 Å². The number of benzene rings is 1. The van der Waals surface area contributed by atoms with Crippen LogP contribution in [0.2, 0.25) is 0 Å². The van der Waals surface area contributed by atoms with E-state index in [1.165, 1.54) is 25.9 Å². The molecule has 140 valence electrons. The Labute approximate surface area is 152 Å². The summed E-state index contributed by atoms with van der Waals surface area (Å²) < 4.78 is 5.78. The van der Waals surface area contributed by atoms with E-state index >= 15 is 0 Å². The molecule has 0 aliphatic carbocycles. The third-order valence-corrected chi connectivity index (χ3v) is 4.86. The highest BCUT2D eigenvalue weighted by Gasteiger charge is 2.15. The van der Waals surface area contributed by atoms with Crippen LogP contribution in [0.15, 0.2) is 18.2 Å².